The van der Waals surface area contributed by atoms with Crippen LogP contribution in [0, 0.1) is 0 Å². The van der Waals surface area contributed by atoms with Crippen LogP contribution >= 0.6 is 12.4 Å². The van der Waals surface area contributed by atoms with Crippen molar-refractivity contribution in [3.63, 3.8) is 0 Å². The van der Waals surface area contributed by atoms with E-state index in [-0.39, 0.29) is 34.8 Å². The smallest absolute Gasteiger partial charge is 0.244 e. The molecule has 0 unspecified atom stereocenters. The van der Waals surface area contributed by atoms with Crippen molar-refractivity contribution < 1.29 is 21.6 Å². The molecule has 1 N–H and O–H groups in total. The lowest BCUT2D eigenvalue weighted by Gasteiger charge is -2.29. The maximum absolute atomic E-state index is 12.5. The topological polar surface area (TPSA) is 117 Å². The molecule has 2 heterocycles. The minimum Gasteiger partial charge on any atom is -0.339 e. The van der Waals surface area contributed by atoms with E-state index in [9.17, 15) is 21.6 Å². The number of rotatable bonds is 5. The fraction of sp³-hybridized carbons (Fsp3) is 0.538. The number of sulfonamides is 1. The number of piperazine rings is 1. The molecule has 142 valence electrons. The standard InChI is InChI=1S/C13H20N4O5S2.ClH/c1-16(10-13(18)17-7-5-14-6-8-17)24(21,22)11-3-4-12(15-9-11)23(2,19)20;/h3-4,9,14H,5-8,10H2,1-2H3;1H. The lowest BCUT2D eigenvalue weighted by atomic mass is 10.3. The molecule has 1 aromatic rings. The third-order valence-corrected chi connectivity index (χ3v) is 6.41. The summed E-state index contributed by atoms with van der Waals surface area (Å²) in [6, 6.07) is 2.30. The van der Waals surface area contributed by atoms with Gasteiger partial charge in [-0.3, -0.25) is 4.79 Å². The molecule has 1 fully saturated rings. The highest BCUT2D eigenvalue weighted by Crippen LogP contribution is 2.15. The molecule has 0 bridgehead atoms. The number of carbonyl (C=O) groups excluding carboxylic acids is 1. The Bertz CT molecular complexity index is 805. The summed E-state index contributed by atoms with van der Waals surface area (Å²) in [5.74, 6) is -0.275. The predicted octanol–water partition coefficient (Wildman–Crippen LogP) is -1.04. The Kier molecular flexibility index (Phi) is 7.32. The fourth-order valence-corrected chi connectivity index (χ4v) is 3.83. The van der Waals surface area contributed by atoms with Gasteiger partial charge in [0.2, 0.25) is 15.9 Å². The summed E-state index contributed by atoms with van der Waals surface area (Å²) in [6.45, 7) is 2.16. The molecule has 1 amide bonds. The van der Waals surface area contributed by atoms with E-state index >= 15 is 0 Å². The number of nitrogens with zero attached hydrogens (tertiary/aromatic N) is 3. The number of likely N-dealkylation sites (N-methyl/N-ethyl adjacent to an activating group) is 1. The Labute approximate surface area is 153 Å². The van der Waals surface area contributed by atoms with Gasteiger partial charge >= 0.3 is 0 Å². The third-order valence-electron chi connectivity index (χ3n) is 3.62. The predicted molar refractivity (Wildman–Crippen MR) is 93.9 cm³/mol. The van der Waals surface area contributed by atoms with Crippen LogP contribution in [0.25, 0.3) is 0 Å². The Hall–Kier alpha value is -1.27. The quantitative estimate of drug-likeness (QED) is 0.656. The summed E-state index contributed by atoms with van der Waals surface area (Å²) < 4.78 is 48.6. The maximum Gasteiger partial charge on any atom is 0.244 e. The van der Waals surface area contributed by atoms with E-state index in [1.54, 1.807) is 4.90 Å². The van der Waals surface area contributed by atoms with Gasteiger partial charge in [-0.25, -0.2) is 21.8 Å². The number of hydrogen-bond donors (Lipinski definition) is 1. The largest absolute Gasteiger partial charge is 0.339 e. The number of amides is 1. The van der Waals surface area contributed by atoms with Gasteiger partial charge in [0.15, 0.2) is 14.9 Å². The lowest BCUT2D eigenvalue weighted by Crippen LogP contribution is -2.49. The van der Waals surface area contributed by atoms with Gasteiger partial charge in [-0.05, 0) is 12.1 Å². The second kappa shape index (κ2) is 8.41. The van der Waals surface area contributed by atoms with Crippen LogP contribution in [0.4, 0.5) is 0 Å². The van der Waals surface area contributed by atoms with Gasteiger partial charge in [0.25, 0.3) is 0 Å². The van der Waals surface area contributed by atoms with Crippen molar-refractivity contribution in [3.8, 4) is 0 Å². The number of aromatic nitrogens is 1. The highest BCUT2D eigenvalue weighted by atomic mass is 35.5. The first kappa shape index (κ1) is 21.8. The average molecular weight is 413 g/mol. The number of carbonyl (C=O) groups is 1. The van der Waals surface area contributed by atoms with E-state index in [0.717, 1.165) is 22.8 Å². The third kappa shape index (κ3) is 5.35. The summed E-state index contributed by atoms with van der Waals surface area (Å²) >= 11 is 0. The first-order valence-electron chi connectivity index (χ1n) is 7.23. The molecule has 1 saturated heterocycles. The van der Waals surface area contributed by atoms with Gasteiger partial charge < -0.3 is 10.2 Å². The molecule has 9 nitrogen and oxygen atoms in total. The van der Waals surface area contributed by atoms with Gasteiger partial charge in [0.05, 0.1) is 6.54 Å². The number of pyridine rings is 1. The van der Waals surface area contributed by atoms with Gasteiger partial charge in [-0.2, -0.15) is 4.31 Å². The molecule has 25 heavy (non-hydrogen) atoms. The van der Waals surface area contributed by atoms with Crippen molar-refractivity contribution in [1.29, 1.82) is 0 Å². The molecule has 1 aromatic heterocycles. The summed E-state index contributed by atoms with van der Waals surface area (Å²) in [7, 11) is -6.12. The molecular weight excluding hydrogens is 392 g/mol. The second-order valence-electron chi connectivity index (χ2n) is 5.50. The average Bonchev–Trinajstić information content (AvgIpc) is 2.54. The number of sulfone groups is 1. The Balaban J connectivity index is 0.00000312. The van der Waals surface area contributed by atoms with Crippen LogP contribution in [0.2, 0.25) is 0 Å². The van der Waals surface area contributed by atoms with Crippen LogP contribution in [-0.4, -0.2) is 83.0 Å². The summed E-state index contributed by atoms with van der Waals surface area (Å²) in [4.78, 5) is 17.3. The van der Waals surface area contributed by atoms with Gasteiger partial charge in [-0.15, -0.1) is 12.4 Å². The van der Waals surface area contributed by atoms with Crippen LogP contribution in [-0.2, 0) is 24.7 Å². The fourth-order valence-electron chi connectivity index (χ4n) is 2.21. The van der Waals surface area contributed by atoms with Crippen molar-refractivity contribution in [2.45, 2.75) is 9.92 Å². The zero-order valence-electron chi connectivity index (χ0n) is 13.9. The van der Waals surface area contributed by atoms with Crippen LogP contribution in [0.3, 0.4) is 0 Å². The van der Waals surface area contributed by atoms with Crippen molar-refractivity contribution >= 4 is 38.2 Å². The first-order valence-corrected chi connectivity index (χ1v) is 10.6. The Morgan fingerprint density at radius 2 is 1.84 bits per heavy atom. The molecule has 0 aromatic carbocycles. The van der Waals surface area contributed by atoms with Crippen molar-refractivity contribution in [1.82, 2.24) is 19.5 Å². The van der Waals surface area contributed by atoms with Crippen LogP contribution in [0.5, 0.6) is 0 Å². The van der Waals surface area contributed by atoms with E-state index < -0.39 is 19.9 Å². The summed E-state index contributed by atoms with van der Waals surface area (Å²) in [5, 5.41) is 2.91. The highest BCUT2D eigenvalue weighted by molar-refractivity contribution is 7.90. The molecule has 0 radical (unpaired) electrons. The maximum atomic E-state index is 12.5. The molecule has 2 rings (SSSR count). The van der Waals surface area contributed by atoms with Gasteiger partial charge in [-0.1, -0.05) is 0 Å². The molecule has 0 aliphatic carbocycles. The van der Waals surface area contributed by atoms with Gasteiger partial charge in [0.1, 0.15) is 4.90 Å². The molecule has 0 saturated carbocycles. The molecule has 0 spiro atoms. The van der Waals surface area contributed by atoms with E-state index in [2.05, 4.69) is 10.3 Å². The molecule has 1 aliphatic rings. The van der Waals surface area contributed by atoms with Crippen molar-refractivity contribution in [2.75, 3.05) is 46.0 Å². The first-order chi connectivity index (χ1) is 11.1. The van der Waals surface area contributed by atoms with E-state index in [1.807, 2.05) is 0 Å². The SMILES string of the molecule is CN(CC(=O)N1CCNCC1)S(=O)(=O)c1ccc(S(C)(=O)=O)nc1.Cl. The van der Waals surface area contributed by atoms with Crippen molar-refractivity contribution in [3.05, 3.63) is 18.3 Å². The molecule has 1 aliphatic heterocycles. The van der Waals surface area contributed by atoms with E-state index in [1.165, 1.54) is 13.1 Å². The lowest BCUT2D eigenvalue weighted by molar-refractivity contribution is -0.131. The van der Waals surface area contributed by atoms with E-state index in [4.69, 9.17) is 0 Å². The number of hydrogen-bond acceptors (Lipinski definition) is 7. The summed E-state index contributed by atoms with van der Waals surface area (Å²) in [6.07, 6.45) is 1.97. The van der Waals surface area contributed by atoms with Crippen LogP contribution in [0.1, 0.15) is 0 Å². The molecule has 0 atom stereocenters. The highest BCUT2D eigenvalue weighted by Gasteiger charge is 2.26. The monoisotopic (exact) mass is 412 g/mol. The minimum atomic E-state index is -3.92. The molecular formula is C13H21ClN4O5S2. The van der Waals surface area contributed by atoms with Crippen LogP contribution < -0.4 is 5.32 Å². The number of nitrogens with one attached hydrogen (secondary N) is 1. The second-order valence-corrected chi connectivity index (χ2v) is 9.50. The minimum absolute atomic E-state index is 0. The normalized spacial score (nSPS) is 15.7. The zero-order valence-corrected chi connectivity index (χ0v) is 16.3. The van der Waals surface area contributed by atoms with Crippen LogP contribution in [0.15, 0.2) is 28.3 Å². The van der Waals surface area contributed by atoms with Gasteiger partial charge in [0, 0.05) is 45.7 Å². The Morgan fingerprint density at radius 3 is 2.32 bits per heavy atom. The van der Waals surface area contributed by atoms with E-state index in [0.29, 0.717) is 26.2 Å². The zero-order chi connectivity index (χ0) is 18.0. The number of halogens is 1. The Morgan fingerprint density at radius 1 is 1.24 bits per heavy atom. The summed E-state index contributed by atoms with van der Waals surface area (Å²) in [5.41, 5.74) is 0. The molecule has 12 heteroatoms. The van der Waals surface area contributed by atoms with Crippen molar-refractivity contribution in [2.24, 2.45) is 0 Å².